The Morgan fingerprint density at radius 3 is 2.62 bits per heavy atom. The van der Waals surface area contributed by atoms with Crippen molar-refractivity contribution >= 4 is 0 Å². The molecule has 0 heteroatoms. The smallest absolute Gasteiger partial charge is 0.00981 e. The van der Waals surface area contributed by atoms with Gasteiger partial charge < -0.3 is 0 Å². The summed E-state index contributed by atoms with van der Waals surface area (Å²) in [7, 11) is 0. The van der Waals surface area contributed by atoms with Crippen LogP contribution >= 0.6 is 0 Å². The average Bonchev–Trinajstić information content (AvgIpc) is 2.02. The minimum absolute atomic E-state index is 0.359. The molecule has 0 bridgehead atoms. The Kier molecular flexibility index (Phi) is 3.13. The van der Waals surface area contributed by atoms with Gasteiger partial charge in [0, 0.05) is 0 Å². The third-order valence-electron chi connectivity index (χ3n) is 2.83. The van der Waals surface area contributed by atoms with Crippen molar-refractivity contribution in [2.24, 2.45) is 5.41 Å². The second-order valence-corrected chi connectivity index (χ2v) is 4.42. The fraction of sp³-hybridized carbons (Fsp3) is 0.538. The molecule has 0 unspecified atom stereocenters. The number of hydrogen-bond donors (Lipinski definition) is 0. The Morgan fingerprint density at radius 1 is 1.38 bits per heavy atom. The molecule has 13 heavy (non-hydrogen) atoms. The summed E-state index contributed by atoms with van der Waals surface area (Å²) in [6.07, 6.45) is 11.3. The van der Waals surface area contributed by atoms with E-state index in [4.69, 9.17) is 0 Å². The van der Waals surface area contributed by atoms with Gasteiger partial charge in [0.1, 0.15) is 0 Å². The van der Waals surface area contributed by atoms with Gasteiger partial charge in [-0.3, -0.25) is 0 Å². The summed E-state index contributed by atoms with van der Waals surface area (Å²) in [5.41, 5.74) is 3.31. The van der Waals surface area contributed by atoms with Gasteiger partial charge >= 0.3 is 0 Å². The van der Waals surface area contributed by atoms with Gasteiger partial charge in [0.2, 0.25) is 0 Å². The first-order valence-electron chi connectivity index (χ1n) is 5.08. The third kappa shape index (κ3) is 2.33. The molecule has 1 aliphatic rings. The summed E-state index contributed by atoms with van der Waals surface area (Å²) in [4.78, 5) is 0. The molecule has 0 spiro atoms. The minimum Gasteiger partial charge on any atom is -0.0877 e. The van der Waals surface area contributed by atoms with E-state index in [2.05, 4.69) is 52.0 Å². The van der Waals surface area contributed by atoms with Crippen molar-refractivity contribution in [2.45, 2.75) is 40.5 Å². The van der Waals surface area contributed by atoms with Crippen molar-refractivity contribution in [1.82, 2.24) is 0 Å². The summed E-state index contributed by atoms with van der Waals surface area (Å²) in [5, 5.41) is 0. The maximum atomic E-state index is 2.35. The van der Waals surface area contributed by atoms with Crippen molar-refractivity contribution in [3.63, 3.8) is 0 Å². The van der Waals surface area contributed by atoms with E-state index < -0.39 is 0 Å². The van der Waals surface area contributed by atoms with Crippen LogP contribution < -0.4 is 0 Å². The van der Waals surface area contributed by atoms with Gasteiger partial charge in [-0.15, -0.1) is 0 Å². The molecule has 0 saturated heterocycles. The van der Waals surface area contributed by atoms with Crippen LogP contribution in [0, 0.1) is 5.41 Å². The molecule has 0 heterocycles. The van der Waals surface area contributed by atoms with Crippen LogP contribution in [0.5, 0.6) is 0 Å². The van der Waals surface area contributed by atoms with Crippen molar-refractivity contribution in [3.05, 3.63) is 35.5 Å². The summed E-state index contributed by atoms with van der Waals surface area (Å²) >= 11 is 0. The molecule has 72 valence electrons. The third-order valence-corrected chi connectivity index (χ3v) is 2.83. The lowest BCUT2D eigenvalue weighted by atomic mass is 9.73. The number of allylic oxidation sites excluding steroid dienone is 6. The van der Waals surface area contributed by atoms with Crippen molar-refractivity contribution in [1.29, 1.82) is 0 Å². The highest BCUT2D eigenvalue weighted by Gasteiger charge is 2.25. The van der Waals surface area contributed by atoms with Crippen LogP contribution in [-0.4, -0.2) is 0 Å². The van der Waals surface area contributed by atoms with E-state index >= 15 is 0 Å². The molecular formula is C13H20. The Labute approximate surface area is 82.0 Å². The van der Waals surface area contributed by atoms with Crippen molar-refractivity contribution < 1.29 is 0 Å². The molecule has 0 amide bonds. The maximum Gasteiger partial charge on any atom is -0.00981 e. The molecule has 0 aromatic carbocycles. The quantitative estimate of drug-likeness (QED) is 0.560. The Balaban J connectivity index is 3.00. The topological polar surface area (TPSA) is 0 Å². The van der Waals surface area contributed by atoms with E-state index in [1.165, 1.54) is 24.0 Å². The average molecular weight is 176 g/mol. The first-order chi connectivity index (χ1) is 6.08. The molecule has 0 radical (unpaired) electrons. The number of rotatable bonds is 1. The summed E-state index contributed by atoms with van der Waals surface area (Å²) in [6, 6.07) is 0. The molecule has 1 rings (SSSR count). The van der Waals surface area contributed by atoms with Crippen LogP contribution in [0.15, 0.2) is 35.5 Å². The highest BCUT2D eigenvalue weighted by molar-refractivity contribution is 5.39. The normalized spacial score (nSPS) is 25.2. The Morgan fingerprint density at radius 2 is 2.08 bits per heavy atom. The summed E-state index contributed by atoms with van der Waals surface area (Å²) < 4.78 is 0. The van der Waals surface area contributed by atoms with Gasteiger partial charge in [0.25, 0.3) is 0 Å². The van der Waals surface area contributed by atoms with Gasteiger partial charge in [-0.1, -0.05) is 43.7 Å². The fourth-order valence-electron chi connectivity index (χ4n) is 1.98. The standard InChI is InChI=1S/C13H20/c1-5-6-9-12-11(2)8-7-10-13(12,3)4/h5-6,8-9H,7,10H2,1-4H3. The van der Waals surface area contributed by atoms with Crippen LogP contribution in [0.3, 0.4) is 0 Å². The summed E-state index contributed by atoms with van der Waals surface area (Å²) in [5.74, 6) is 0. The molecule has 1 aliphatic carbocycles. The van der Waals surface area contributed by atoms with E-state index in [1.807, 2.05) is 0 Å². The summed E-state index contributed by atoms with van der Waals surface area (Å²) in [6.45, 7) is 8.94. The van der Waals surface area contributed by atoms with Gasteiger partial charge in [-0.05, 0) is 37.7 Å². The highest BCUT2D eigenvalue weighted by Crippen LogP contribution is 2.40. The van der Waals surface area contributed by atoms with Gasteiger partial charge in [0.05, 0.1) is 0 Å². The minimum atomic E-state index is 0.359. The highest BCUT2D eigenvalue weighted by atomic mass is 14.3. The lowest BCUT2D eigenvalue weighted by Crippen LogP contribution is -2.18. The van der Waals surface area contributed by atoms with Crippen LogP contribution in [0.2, 0.25) is 0 Å². The Hall–Kier alpha value is -0.780. The molecule has 0 aliphatic heterocycles. The van der Waals surface area contributed by atoms with E-state index in [0.717, 1.165) is 0 Å². The molecule has 0 nitrogen and oxygen atoms in total. The van der Waals surface area contributed by atoms with Gasteiger partial charge in [0.15, 0.2) is 0 Å². The second-order valence-electron chi connectivity index (χ2n) is 4.42. The molecule has 0 aromatic heterocycles. The number of hydrogen-bond acceptors (Lipinski definition) is 0. The van der Waals surface area contributed by atoms with Crippen LogP contribution in [0.4, 0.5) is 0 Å². The lowest BCUT2D eigenvalue weighted by Gasteiger charge is -2.32. The monoisotopic (exact) mass is 176 g/mol. The van der Waals surface area contributed by atoms with E-state index in [1.54, 1.807) is 0 Å². The first kappa shape index (κ1) is 10.3. The van der Waals surface area contributed by atoms with E-state index in [9.17, 15) is 0 Å². The zero-order valence-corrected chi connectivity index (χ0v) is 9.22. The van der Waals surface area contributed by atoms with Crippen LogP contribution in [0.1, 0.15) is 40.5 Å². The predicted molar refractivity (Wildman–Crippen MR) is 59.7 cm³/mol. The predicted octanol–water partition coefficient (Wildman–Crippen LogP) is 4.26. The van der Waals surface area contributed by atoms with Crippen molar-refractivity contribution in [2.75, 3.05) is 0 Å². The molecular weight excluding hydrogens is 156 g/mol. The molecule has 0 aromatic rings. The lowest BCUT2D eigenvalue weighted by molar-refractivity contribution is 0.404. The first-order valence-corrected chi connectivity index (χ1v) is 5.08. The van der Waals surface area contributed by atoms with Gasteiger partial charge in [-0.25, -0.2) is 0 Å². The molecule has 0 saturated carbocycles. The molecule has 0 N–H and O–H groups in total. The van der Waals surface area contributed by atoms with Crippen LogP contribution in [0.25, 0.3) is 0 Å². The zero-order valence-electron chi connectivity index (χ0n) is 9.22. The Bertz CT molecular complexity index is 262. The van der Waals surface area contributed by atoms with Gasteiger partial charge in [-0.2, -0.15) is 0 Å². The largest absolute Gasteiger partial charge is 0.0877 e. The maximum absolute atomic E-state index is 2.35. The van der Waals surface area contributed by atoms with E-state index in [0.29, 0.717) is 5.41 Å². The van der Waals surface area contributed by atoms with E-state index in [-0.39, 0.29) is 0 Å². The SMILES string of the molecule is CC=CC=C1C(C)=CCCC1(C)C. The molecule has 0 atom stereocenters. The fourth-order valence-corrected chi connectivity index (χ4v) is 1.98. The second kappa shape index (κ2) is 3.95. The van der Waals surface area contributed by atoms with Crippen LogP contribution in [-0.2, 0) is 0 Å². The molecule has 0 fully saturated rings. The van der Waals surface area contributed by atoms with Crippen molar-refractivity contribution in [3.8, 4) is 0 Å². The zero-order chi connectivity index (χ0) is 9.90.